The molecule has 0 aliphatic rings. The first-order valence-electron chi connectivity index (χ1n) is 7.21. The minimum absolute atomic E-state index is 0.138. The second kappa shape index (κ2) is 8.38. The molecule has 114 valence electrons. The largest absolute Gasteiger partial charge is 0.409 e. The first kappa shape index (κ1) is 18.2. The highest BCUT2D eigenvalue weighted by Gasteiger charge is 2.25. The summed E-state index contributed by atoms with van der Waals surface area (Å²) >= 11 is 0. The van der Waals surface area contributed by atoms with E-state index in [1.54, 1.807) is 0 Å². The molecule has 0 saturated carbocycles. The van der Waals surface area contributed by atoms with Crippen LogP contribution in [0, 0.1) is 5.41 Å². The molecular formula is C14H31N3O2. The molecule has 0 heterocycles. The Morgan fingerprint density at radius 3 is 2.21 bits per heavy atom. The van der Waals surface area contributed by atoms with Crippen molar-refractivity contribution in [2.45, 2.75) is 65.3 Å². The lowest BCUT2D eigenvalue weighted by atomic mass is 9.86. The van der Waals surface area contributed by atoms with E-state index in [1.165, 1.54) is 0 Å². The van der Waals surface area contributed by atoms with E-state index in [4.69, 9.17) is 10.9 Å². The van der Waals surface area contributed by atoms with Gasteiger partial charge in [-0.1, -0.05) is 39.3 Å². The number of nitrogens with one attached hydrogen (secondary N) is 1. The minimum Gasteiger partial charge on any atom is -0.409 e. The van der Waals surface area contributed by atoms with E-state index in [2.05, 4.69) is 24.3 Å². The van der Waals surface area contributed by atoms with E-state index in [-0.39, 0.29) is 23.4 Å². The van der Waals surface area contributed by atoms with Crippen molar-refractivity contribution in [2.24, 2.45) is 16.3 Å². The molecule has 5 nitrogen and oxygen atoms in total. The van der Waals surface area contributed by atoms with Crippen molar-refractivity contribution in [3.8, 4) is 0 Å². The molecule has 0 amide bonds. The molecule has 0 aromatic rings. The summed E-state index contributed by atoms with van der Waals surface area (Å²) in [6.45, 7) is 9.20. The summed E-state index contributed by atoms with van der Waals surface area (Å²) < 4.78 is 0. The Kier molecular flexibility index (Phi) is 8.02. The Balaban J connectivity index is 4.00. The normalized spacial score (nSPS) is 13.8. The van der Waals surface area contributed by atoms with Crippen molar-refractivity contribution >= 4 is 5.84 Å². The number of unbranched alkanes of at least 4 members (excludes halogenated alkanes) is 1. The predicted molar refractivity (Wildman–Crippen MR) is 79.4 cm³/mol. The topological polar surface area (TPSA) is 90.9 Å². The Morgan fingerprint density at radius 1 is 1.21 bits per heavy atom. The Morgan fingerprint density at radius 2 is 1.79 bits per heavy atom. The third kappa shape index (κ3) is 5.78. The maximum atomic E-state index is 9.44. The van der Waals surface area contributed by atoms with Crippen LogP contribution in [0.1, 0.15) is 59.8 Å². The fourth-order valence-electron chi connectivity index (χ4n) is 2.09. The number of rotatable bonds is 10. The number of aliphatic hydroxyl groups excluding tert-OH is 1. The van der Waals surface area contributed by atoms with Crippen LogP contribution in [-0.2, 0) is 0 Å². The van der Waals surface area contributed by atoms with Crippen molar-refractivity contribution < 1.29 is 10.3 Å². The zero-order valence-corrected chi connectivity index (χ0v) is 12.9. The highest BCUT2D eigenvalue weighted by Crippen LogP contribution is 2.23. The first-order chi connectivity index (χ1) is 8.87. The van der Waals surface area contributed by atoms with Gasteiger partial charge in [-0.05, 0) is 32.2 Å². The number of hydrogen-bond acceptors (Lipinski definition) is 4. The molecular weight excluding hydrogens is 242 g/mol. The summed E-state index contributed by atoms with van der Waals surface area (Å²) in [5, 5.41) is 24.7. The SMILES string of the molecule is CCC(CC)(CO)NCCCCC(C)(C)C(N)=NO. The summed E-state index contributed by atoms with van der Waals surface area (Å²) in [7, 11) is 0. The van der Waals surface area contributed by atoms with Crippen LogP contribution in [0.2, 0.25) is 0 Å². The number of nitrogens with two attached hydrogens (primary N) is 1. The average Bonchev–Trinajstić information content (AvgIpc) is 2.42. The van der Waals surface area contributed by atoms with Crippen molar-refractivity contribution in [3.05, 3.63) is 0 Å². The molecule has 5 heteroatoms. The highest BCUT2D eigenvalue weighted by molar-refractivity contribution is 5.85. The van der Waals surface area contributed by atoms with Gasteiger partial charge in [-0.15, -0.1) is 0 Å². The second-order valence-corrected chi connectivity index (χ2v) is 5.90. The smallest absolute Gasteiger partial charge is 0.144 e. The van der Waals surface area contributed by atoms with Crippen LogP contribution in [0.25, 0.3) is 0 Å². The molecule has 0 saturated heterocycles. The third-order valence-electron chi connectivity index (χ3n) is 4.19. The second-order valence-electron chi connectivity index (χ2n) is 5.90. The predicted octanol–water partition coefficient (Wildman–Crippen LogP) is 2.07. The molecule has 5 N–H and O–H groups in total. The lowest BCUT2D eigenvalue weighted by Gasteiger charge is -2.31. The maximum absolute atomic E-state index is 9.44. The van der Waals surface area contributed by atoms with Gasteiger partial charge in [0.15, 0.2) is 0 Å². The van der Waals surface area contributed by atoms with Crippen molar-refractivity contribution in [1.29, 1.82) is 0 Å². The molecule has 0 fully saturated rings. The number of hydrogen-bond donors (Lipinski definition) is 4. The van der Waals surface area contributed by atoms with Gasteiger partial charge in [0.1, 0.15) is 5.84 Å². The minimum atomic E-state index is -0.266. The zero-order valence-electron chi connectivity index (χ0n) is 12.9. The lowest BCUT2D eigenvalue weighted by molar-refractivity contribution is 0.150. The van der Waals surface area contributed by atoms with Crippen LogP contribution in [0.15, 0.2) is 5.16 Å². The van der Waals surface area contributed by atoms with Crippen LogP contribution in [0.4, 0.5) is 0 Å². The monoisotopic (exact) mass is 273 g/mol. The Hall–Kier alpha value is -0.810. The summed E-state index contributed by atoms with van der Waals surface area (Å²) in [4.78, 5) is 0. The number of aliphatic hydroxyl groups is 1. The fraction of sp³-hybridized carbons (Fsp3) is 0.929. The van der Waals surface area contributed by atoms with Gasteiger partial charge in [0.2, 0.25) is 0 Å². The van der Waals surface area contributed by atoms with Gasteiger partial charge in [0.25, 0.3) is 0 Å². The van der Waals surface area contributed by atoms with Gasteiger partial charge >= 0.3 is 0 Å². The van der Waals surface area contributed by atoms with Crippen LogP contribution in [0.3, 0.4) is 0 Å². The van der Waals surface area contributed by atoms with E-state index in [0.29, 0.717) is 0 Å². The van der Waals surface area contributed by atoms with Gasteiger partial charge in [-0.25, -0.2) is 0 Å². The summed E-state index contributed by atoms with van der Waals surface area (Å²) in [6, 6.07) is 0. The van der Waals surface area contributed by atoms with Crippen molar-refractivity contribution in [3.63, 3.8) is 0 Å². The van der Waals surface area contributed by atoms with Gasteiger partial charge in [0, 0.05) is 11.0 Å². The van der Waals surface area contributed by atoms with E-state index in [1.807, 2.05) is 13.8 Å². The van der Waals surface area contributed by atoms with Gasteiger partial charge in [-0.3, -0.25) is 0 Å². The summed E-state index contributed by atoms with van der Waals surface area (Å²) in [5.41, 5.74) is 5.25. The van der Waals surface area contributed by atoms with Gasteiger partial charge in [-0.2, -0.15) is 0 Å². The van der Waals surface area contributed by atoms with E-state index < -0.39 is 0 Å². The zero-order chi connectivity index (χ0) is 14.9. The van der Waals surface area contributed by atoms with E-state index >= 15 is 0 Å². The first-order valence-corrected chi connectivity index (χ1v) is 7.21. The highest BCUT2D eigenvalue weighted by atomic mass is 16.4. The molecule has 0 spiro atoms. The molecule has 19 heavy (non-hydrogen) atoms. The molecule has 0 aliphatic carbocycles. The molecule has 0 aliphatic heterocycles. The molecule has 0 aromatic heterocycles. The molecule has 0 aromatic carbocycles. The molecule has 0 unspecified atom stereocenters. The van der Waals surface area contributed by atoms with Crippen molar-refractivity contribution in [1.82, 2.24) is 5.32 Å². The van der Waals surface area contributed by atoms with Crippen LogP contribution < -0.4 is 11.1 Å². The Bertz CT molecular complexity index is 266. The van der Waals surface area contributed by atoms with Crippen LogP contribution >= 0.6 is 0 Å². The Labute approximate surface area is 117 Å². The quantitative estimate of drug-likeness (QED) is 0.161. The molecule has 0 atom stereocenters. The van der Waals surface area contributed by atoms with E-state index in [0.717, 1.165) is 38.6 Å². The molecule has 0 rings (SSSR count). The molecule has 0 bridgehead atoms. The summed E-state index contributed by atoms with van der Waals surface area (Å²) in [5.74, 6) is 0.285. The van der Waals surface area contributed by atoms with E-state index in [9.17, 15) is 5.11 Å². The van der Waals surface area contributed by atoms with Crippen molar-refractivity contribution in [2.75, 3.05) is 13.2 Å². The maximum Gasteiger partial charge on any atom is 0.144 e. The van der Waals surface area contributed by atoms with Crippen LogP contribution in [-0.4, -0.2) is 34.8 Å². The fourth-order valence-corrected chi connectivity index (χ4v) is 2.09. The number of nitrogens with zero attached hydrogens (tertiary/aromatic N) is 1. The summed E-state index contributed by atoms with van der Waals surface area (Å²) in [6.07, 6.45) is 4.76. The average molecular weight is 273 g/mol. The van der Waals surface area contributed by atoms with Crippen LogP contribution in [0.5, 0.6) is 0 Å². The number of amidine groups is 1. The molecule has 0 radical (unpaired) electrons. The lowest BCUT2D eigenvalue weighted by Crippen LogP contribution is -2.47. The third-order valence-corrected chi connectivity index (χ3v) is 4.19. The standard InChI is InChI=1S/C14H31N3O2/c1-5-14(6-2,11-18)16-10-8-7-9-13(3,4)12(15)17-19/h16,18-19H,5-11H2,1-4H3,(H2,15,17). The number of oxime groups is 1. The van der Waals surface area contributed by atoms with Gasteiger partial charge in [0.05, 0.1) is 6.61 Å². The van der Waals surface area contributed by atoms with Gasteiger partial charge < -0.3 is 21.4 Å².